The van der Waals surface area contributed by atoms with E-state index in [9.17, 15) is 9.18 Å². The van der Waals surface area contributed by atoms with Crippen molar-refractivity contribution < 1.29 is 13.6 Å². The molecule has 124 valence electrons. The van der Waals surface area contributed by atoms with Crippen LogP contribution in [0.25, 0.3) is 11.5 Å². The Kier molecular flexibility index (Phi) is 5.43. The first-order chi connectivity index (χ1) is 11.6. The molecule has 0 bridgehead atoms. The highest BCUT2D eigenvalue weighted by atomic mass is 32.2. The Morgan fingerprint density at radius 2 is 2.04 bits per heavy atom. The Morgan fingerprint density at radius 1 is 1.25 bits per heavy atom. The Hall–Kier alpha value is -1.98. The fourth-order valence-electron chi connectivity index (χ4n) is 1.60. The largest absolute Gasteiger partial charge is 0.411 e. The molecule has 1 amide bonds. The highest BCUT2D eigenvalue weighted by Crippen LogP contribution is 2.25. The van der Waals surface area contributed by atoms with E-state index in [1.807, 2.05) is 6.26 Å². The van der Waals surface area contributed by atoms with Crippen LogP contribution in [-0.2, 0) is 4.79 Å². The van der Waals surface area contributed by atoms with Gasteiger partial charge >= 0.3 is 0 Å². The number of nitrogens with zero attached hydrogens (tertiary/aromatic N) is 4. The second-order valence-corrected chi connectivity index (χ2v) is 7.25. The van der Waals surface area contributed by atoms with E-state index in [4.69, 9.17) is 4.42 Å². The second-order valence-electron chi connectivity index (χ2n) is 4.29. The number of thioether (sulfide) groups is 2. The molecule has 7 nitrogen and oxygen atoms in total. The van der Waals surface area contributed by atoms with Crippen LogP contribution >= 0.6 is 34.9 Å². The number of nitrogens with one attached hydrogen (secondary N) is 1. The minimum Gasteiger partial charge on any atom is -0.411 e. The number of rotatable bonds is 6. The van der Waals surface area contributed by atoms with Crippen LogP contribution in [0.3, 0.4) is 0 Å². The molecule has 0 atom stereocenters. The number of amides is 1. The fourth-order valence-corrected chi connectivity index (χ4v) is 3.35. The van der Waals surface area contributed by atoms with Gasteiger partial charge in [-0.1, -0.05) is 34.9 Å². The zero-order valence-corrected chi connectivity index (χ0v) is 14.7. The number of carbonyl (C=O) groups excluding carboxylic acids is 1. The first-order valence-electron chi connectivity index (χ1n) is 6.53. The van der Waals surface area contributed by atoms with Crippen LogP contribution in [0.2, 0.25) is 0 Å². The summed E-state index contributed by atoms with van der Waals surface area (Å²) in [5, 5.41) is 18.8. The lowest BCUT2D eigenvalue weighted by Crippen LogP contribution is -2.13. The van der Waals surface area contributed by atoms with Gasteiger partial charge in [0, 0.05) is 5.56 Å². The van der Waals surface area contributed by atoms with Crippen molar-refractivity contribution >= 4 is 45.9 Å². The monoisotopic (exact) mass is 383 g/mol. The van der Waals surface area contributed by atoms with Crippen molar-refractivity contribution in [3.63, 3.8) is 0 Å². The topological polar surface area (TPSA) is 93.8 Å². The van der Waals surface area contributed by atoms with E-state index in [1.54, 1.807) is 12.1 Å². The predicted octanol–water partition coefficient (Wildman–Crippen LogP) is 3.18. The van der Waals surface area contributed by atoms with Gasteiger partial charge in [-0.3, -0.25) is 10.1 Å². The molecule has 2 heterocycles. The van der Waals surface area contributed by atoms with Gasteiger partial charge in [0.15, 0.2) is 4.34 Å². The molecule has 1 aromatic carbocycles. The molecule has 0 radical (unpaired) electrons. The fraction of sp³-hybridized carbons (Fsp3) is 0.154. The molecule has 0 aliphatic carbocycles. The maximum Gasteiger partial charge on any atom is 0.277 e. The third-order valence-corrected chi connectivity index (χ3v) is 5.28. The minimum atomic E-state index is -0.342. The Bertz CT molecular complexity index is 836. The number of halogens is 1. The number of anilines is 1. The van der Waals surface area contributed by atoms with Crippen LogP contribution in [0.15, 0.2) is 38.2 Å². The summed E-state index contributed by atoms with van der Waals surface area (Å²) in [6.07, 6.45) is 1.89. The molecular formula is C13H10FN5O2S3. The SMILES string of the molecule is CSc1nnc(NC(=O)CSc2nnc(-c3ccc(F)cc3)o2)s1. The minimum absolute atomic E-state index is 0.0965. The van der Waals surface area contributed by atoms with Crippen LogP contribution < -0.4 is 5.32 Å². The van der Waals surface area contributed by atoms with Crippen molar-refractivity contribution in [3.05, 3.63) is 30.1 Å². The molecule has 0 saturated carbocycles. The molecule has 24 heavy (non-hydrogen) atoms. The normalized spacial score (nSPS) is 10.8. The van der Waals surface area contributed by atoms with Gasteiger partial charge in [0.1, 0.15) is 5.82 Å². The van der Waals surface area contributed by atoms with Gasteiger partial charge in [0.05, 0.1) is 5.75 Å². The Morgan fingerprint density at radius 3 is 2.75 bits per heavy atom. The van der Waals surface area contributed by atoms with Crippen LogP contribution in [0.4, 0.5) is 9.52 Å². The molecule has 11 heteroatoms. The summed E-state index contributed by atoms with van der Waals surface area (Å²) in [6.45, 7) is 0. The predicted molar refractivity (Wildman–Crippen MR) is 90.7 cm³/mol. The van der Waals surface area contributed by atoms with Crippen LogP contribution in [0.1, 0.15) is 0 Å². The smallest absolute Gasteiger partial charge is 0.277 e. The number of hydrogen-bond donors (Lipinski definition) is 1. The van der Waals surface area contributed by atoms with Gasteiger partial charge in [0.2, 0.25) is 16.9 Å². The van der Waals surface area contributed by atoms with E-state index >= 15 is 0 Å². The zero-order chi connectivity index (χ0) is 16.9. The van der Waals surface area contributed by atoms with Gasteiger partial charge in [-0.2, -0.15) is 0 Å². The van der Waals surface area contributed by atoms with Gasteiger partial charge in [-0.25, -0.2) is 4.39 Å². The highest BCUT2D eigenvalue weighted by Gasteiger charge is 2.13. The van der Waals surface area contributed by atoms with Crippen molar-refractivity contribution in [2.24, 2.45) is 0 Å². The molecule has 0 fully saturated rings. The zero-order valence-electron chi connectivity index (χ0n) is 12.2. The van der Waals surface area contributed by atoms with Crippen molar-refractivity contribution in [2.45, 2.75) is 9.56 Å². The number of aromatic nitrogens is 4. The van der Waals surface area contributed by atoms with Gasteiger partial charge < -0.3 is 4.42 Å². The van der Waals surface area contributed by atoms with Crippen molar-refractivity contribution in [1.29, 1.82) is 0 Å². The summed E-state index contributed by atoms with van der Waals surface area (Å²) >= 11 is 3.87. The molecule has 3 aromatic rings. The van der Waals surface area contributed by atoms with E-state index in [0.717, 1.165) is 16.1 Å². The summed E-state index contributed by atoms with van der Waals surface area (Å²) in [5.74, 6) is -0.220. The third kappa shape index (κ3) is 4.30. The molecule has 0 spiro atoms. The van der Waals surface area contributed by atoms with E-state index in [2.05, 4.69) is 25.7 Å². The summed E-state index contributed by atoms with van der Waals surface area (Å²) in [5.41, 5.74) is 0.610. The van der Waals surface area contributed by atoms with Crippen molar-refractivity contribution in [2.75, 3.05) is 17.3 Å². The lowest BCUT2D eigenvalue weighted by molar-refractivity contribution is -0.113. The number of benzene rings is 1. The second kappa shape index (κ2) is 7.73. The first-order valence-corrected chi connectivity index (χ1v) is 9.56. The van der Waals surface area contributed by atoms with E-state index < -0.39 is 0 Å². The summed E-state index contributed by atoms with van der Waals surface area (Å²) in [7, 11) is 0. The van der Waals surface area contributed by atoms with Gasteiger partial charge in [0.25, 0.3) is 5.22 Å². The third-order valence-electron chi connectivity index (χ3n) is 2.65. The Labute approximate surface area is 148 Å². The maximum absolute atomic E-state index is 12.9. The van der Waals surface area contributed by atoms with Crippen LogP contribution in [-0.4, -0.2) is 38.3 Å². The molecule has 0 aliphatic rings. The Balaban J connectivity index is 1.55. The number of hydrogen-bond acceptors (Lipinski definition) is 9. The molecule has 0 aliphatic heterocycles. The molecule has 0 unspecified atom stereocenters. The lowest BCUT2D eigenvalue weighted by Gasteiger charge is -1.98. The molecule has 1 N–H and O–H groups in total. The molecular weight excluding hydrogens is 373 g/mol. The van der Waals surface area contributed by atoms with E-state index in [-0.39, 0.29) is 28.6 Å². The van der Waals surface area contributed by atoms with Crippen molar-refractivity contribution in [3.8, 4) is 11.5 Å². The standard InChI is InChI=1S/C13H10FN5O2S3/c1-22-13-19-17-11(24-13)15-9(20)6-23-12-18-16-10(21-12)7-2-4-8(14)5-3-7/h2-5H,6H2,1H3,(H,15,17,20). The van der Waals surface area contributed by atoms with Crippen LogP contribution in [0.5, 0.6) is 0 Å². The summed E-state index contributed by atoms with van der Waals surface area (Å²) < 4.78 is 19.1. The van der Waals surface area contributed by atoms with E-state index in [0.29, 0.717) is 10.7 Å². The summed E-state index contributed by atoms with van der Waals surface area (Å²) in [6, 6.07) is 5.71. The maximum atomic E-state index is 12.9. The van der Waals surface area contributed by atoms with Crippen molar-refractivity contribution in [1.82, 2.24) is 20.4 Å². The molecule has 2 aromatic heterocycles. The highest BCUT2D eigenvalue weighted by molar-refractivity contribution is 8.00. The molecule has 3 rings (SSSR count). The first kappa shape index (κ1) is 16.9. The van der Waals surface area contributed by atoms with E-state index in [1.165, 1.54) is 35.2 Å². The summed E-state index contributed by atoms with van der Waals surface area (Å²) in [4.78, 5) is 11.9. The molecule has 0 saturated heterocycles. The average Bonchev–Trinajstić information content (AvgIpc) is 3.23. The quantitative estimate of drug-likeness (QED) is 0.512. The lowest BCUT2D eigenvalue weighted by atomic mass is 10.2. The van der Waals surface area contributed by atoms with Crippen LogP contribution in [0, 0.1) is 5.82 Å². The average molecular weight is 383 g/mol. The van der Waals surface area contributed by atoms with Gasteiger partial charge in [-0.15, -0.1) is 20.4 Å². The van der Waals surface area contributed by atoms with Gasteiger partial charge in [-0.05, 0) is 30.5 Å². The number of carbonyl (C=O) groups is 1.